The summed E-state index contributed by atoms with van der Waals surface area (Å²) in [5, 5.41) is 6.28. The average molecular weight is 275 g/mol. The number of rotatable bonds is 3. The molecule has 2 rings (SSSR count). The van der Waals surface area contributed by atoms with Crippen molar-refractivity contribution in [3.63, 3.8) is 0 Å². The van der Waals surface area contributed by atoms with Gasteiger partial charge in [-0.25, -0.2) is 0 Å². The number of primary amides is 1. The Kier molecular flexibility index (Phi) is 4.39. The third-order valence-corrected chi connectivity index (χ3v) is 3.76. The van der Waals surface area contributed by atoms with Gasteiger partial charge in [-0.2, -0.15) is 0 Å². The molecule has 1 heterocycles. The van der Waals surface area contributed by atoms with Crippen LogP contribution in [0.5, 0.6) is 0 Å². The molecule has 1 aromatic carbocycles. The lowest BCUT2D eigenvalue weighted by atomic mass is 9.92. The van der Waals surface area contributed by atoms with Crippen molar-refractivity contribution in [1.29, 1.82) is 0 Å². The van der Waals surface area contributed by atoms with Gasteiger partial charge in [0.05, 0.1) is 0 Å². The first-order valence-corrected chi connectivity index (χ1v) is 6.92. The van der Waals surface area contributed by atoms with Gasteiger partial charge in [-0.1, -0.05) is 0 Å². The van der Waals surface area contributed by atoms with Gasteiger partial charge >= 0.3 is 0 Å². The second-order valence-corrected chi connectivity index (χ2v) is 5.46. The highest BCUT2D eigenvalue weighted by molar-refractivity contribution is 5.96. The van der Waals surface area contributed by atoms with Crippen molar-refractivity contribution in [1.82, 2.24) is 5.32 Å². The molecule has 0 saturated carbocycles. The molecule has 1 saturated heterocycles. The van der Waals surface area contributed by atoms with Crippen LogP contribution in [-0.4, -0.2) is 24.4 Å². The lowest BCUT2D eigenvalue weighted by molar-refractivity contribution is -0.120. The van der Waals surface area contributed by atoms with Crippen LogP contribution in [0, 0.1) is 12.8 Å². The van der Waals surface area contributed by atoms with E-state index < -0.39 is 5.91 Å². The van der Waals surface area contributed by atoms with Crippen molar-refractivity contribution in [3.05, 3.63) is 29.3 Å². The highest BCUT2D eigenvalue weighted by Crippen LogP contribution is 2.21. The van der Waals surface area contributed by atoms with Crippen LogP contribution in [0.1, 0.15) is 35.7 Å². The molecule has 108 valence electrons. The number of piperidine rings is 1. The Hall–Kier alpha value is -1.88. The maximum Gasteiger partial charge on any atom is 0.248 e. The summed E-state index contributed by atoms with van der Waals surface area (Å²) in [4.78, 5) is 23.4. The monoisotopic (exact) mass is 275 g/mol. The van der Waals surface area contributed by atoms with Crippen molar-refractivity contribution < 1.29 is 9.59 Å². The van der Waals surface area contributed by atoms with Gasteiger partial charge in [0.2, 0.25) is 11.8 Å². The molecular formula is C15H21N3O2. The van der Waals surface area contributed by atoms with E-state index in [-0.39, 0.29) is 11.8 Å². The zero-order chi connectivity index (χ0) is 14.7. The predicted molar refractivity (Wildman–Crippen MR) is 78.5 cm³/mol. The SMILES string of the molecule is Cc1cc(C(N)=O)ccc1NC(=O)C1CCNC(C)C1. The molecule has 0 bridgehead atoms. The summed E-state index contributed by atoms with van der Waals surface area (Å²) < 4.78 is 0. The molecule has 5 heteroatoms. The molecule has 20 heavy (non-hydrogen) atoms. The normalized spacial score (nSPS) is 22.3. The fourth-order valence-corrected chi connectivity index (χ4v) is 2.56. The Bertz CT molecular complexity index is 528. The van der Waals surface area contributed by atoms with Crippen LogP contribution in [0.25, 0.3) is 0 Å². The van der Waals surface area contributed by atoms with Crippen LogP contribution in [0.2, 0.25) is 0 Å². The van der Waals surface area contributed by atoms with Crippen LogP contribution in [0.3, 0.4) is 0 Å². The molecule has 0 radical (unpaired) electrons. The zero-order valence-electron chi connectivity index (χ0n) is 11.9. The van der Waals surface area contributed by atoms with Gasteiger partial charge in [-0.15, -0.1) is 0 Å². The highest BCUT2D eigenvalue weighted by Gasteiger charge is 2.24. The van der Waals surface area contributed by atoms with Crippen LogP contribution < -0.4 is 16.4 Å². The molecule has 1 aromatic rings. The van der Waals surface area contributed by atoms with Crippen LogP contribution in [-0.2, 0) is 4.79 Å². The first-order valence-electron chi connectivity index (χ1n) is 6.92. The lowest BCUT2D eigenvalue weighted by Gasteiger charge is -2.27. The summed E-state index contributed by atoms with van der Waals surface area (Å²) in [6.45, 7) is 4.82. The molecule has 0 spiro atoms. The number of carbonyl (C=O) groups is 2. The quantitative estimate of drug-likeness (QED) is 0.780. The van der Waals surface area contributed by atoms with E-state index in [1.165, 1.54) is 0 Å². The maximum atomic E-state index is 12.3. The Morgan fingerprint density at radius 3 is 2.75 bits per heavy atom. The Labute approximate surface area is 118 Å². The number of aryl methyl sites for hydroxylation is 1. The van der Waals surface area contributed by atoms with Gasteiger partial charge in [0, 0.05) is 23.2 Å². The number of hydrogen-bond acceptors (Lipinski definition) is 3. The third-order valence-electron chi connectivity index (χ3n) is 3.76. The molecule has 0 aromatic heterocycles. The topological polar surface area (TPSA) is 84.2 Å². The first-order chi connectivity index (χ1) is 9.47. The van der Waals surface area contributed by atoms with Crippen molar-refractivity contribution in [3.8, 4) is 0 Å². The van der Waals surface area contributed by atoms with Gasteiger partial charge in [0.25, 0.3) is 0 Å². The highest BCUT2D eigenvalue weighted by atomic mass is 16.2. The maximum absolute atomic E-state index is 12.3. The second-order valence-electron chi connectivity index (χ2n) is 5.46. The summed E-state index contributed by atoms with van der Waals surface area (Å²) >= 11 is 0. The molecule has 0 aliphatic carbocycles. The molecule has 2 amide bonds. The molecule has 1 aliphatic heterocycles. The number of nitrogens with one attached hydrogen (secondary N) is 2. The van der Waals surface area contributed by atoms with Crippen LogP contribution >= 0.6 is 0 Å². The second kappa shape index (κ2) is 6.05. The lowest BCUT2D eigenvalue weighted by Crippen LogP contribution is -2.40. The van der Waals surface area contributed by atoms with Gasteiger partial charge in [0.15, 0.2) is 0 Å². The van der Waals surface area contributed by atoms with Crippen LogP contribution in [0.15, 0.2) is 18.2 Å². The van der Waals surface area contributed by atoms with Crippen molar-refractivity contribution in [2.24, 2.45) is 11.7 Å². The number of benzene rings is 1. The molecule has 2 atom stereocenters. The minimum absolute atomic E-state index is 0.0430. The average Bonchev–Trinajstić information content (AvgIpc) is 2.40. The first kappa shape index (κ1) is 14.5. The number of amides is 2. The smallest absolute Gasteiger partial charge is 0.248 e. The predicted octanol–water partition coefficient (Wildman–Crippen LogP) is 1.42. The Morgan fingerprint density at radius 1 is 1.40 bits per heavy atom. The Balaban J connectivity index is 2.06. The largest absolute Gasteiger partial charge is 0.366 e. The number of carbonyl (C=O) groups excluding carboxylic acids is 2. The summed E-state index contributed by atoms with van der Waals surface area (Å²) in [5.41, 5.74) is 7.27. The number of anilines is 1. The summed E-state index contributed by atoms with van der Waals surface area (Å²) in [5.74, 6) is -0.368. The van der Waals surface area contributed by atoms with E-state index in [0.29, 0.717) is 11.6 Å². The van der Waals surface area contributed by atoms with E-state index in [1.54, 1.807) is 18.2 Å². The van der Waals surface area contributed by atoms with Gasteiger partial charge < -0.3 is 16.4 Å². The van der Waals surface area contributed by atoms with E-state index in [0.717, 1.165) is 30.6 Å². The molecule has 1 fully saturated rings. The number of hydrogen-bond donors (Lipinski definition) is 3. The van der Waals surface area contributed by atoms with Gasteiger partial charge in [-0.3, -0.25) is 9.59 Å². The summed E-state index contributed by atoms with van der Waals surface area (Å²) in [7, 11) is 0. The van der Waals surface area contributed by atoms with E-state index in [2.05, 4.69) is 17.6 Å². The third kappa shape index (κ3) is 3.36. The molecule has 4 N–H and O–H groups in total. The molecular weight excluding hydrogens is 254 g/mol. The molecule has 5 nitrogen and oxygen atoms in total. The standard InChI is InChI=1S/C15H21N3O2/c1-9-7-11(14(16)19)3-4-13(9)18-15(20)12-5-6-17-10(2)8-12/h3-4,7,10,12,17H,5-6,8H2,1-2H3,(H2,16,19)(H,18,20). The fraction of sp³-hybridized carbons (Fsp3) is 0.467. The summed E-state index contributed by atoms with van der Waals surface area (Å²) in [6, 6.07) is 5.44. The Morgan fingerprint density at radius 2 is 2.15 bits per heavy atom. The van der Waals surface area contributed by atoms with E-state index in [9.17, 15) is 9.59 Å². The minimum atomic E-state index is -0.460. The van der Waals surface area contributed by atoms with E-state index in [1.807, 2.05) is 6.92 Å². The van der Waals surface area contributed by atoms with Crippen molar-refractivity contribution in [2.75, 3.05) is 11.9 Å². The van der Waals surface area contributed by atoms with E-state index >= 15 is 0 Å². The zero-order valence-corrected chi connectivity index (χ0v) is 11.9. The van der Waals surface area contributed by atoms with Crippen molar-refractivity contribution in [2.45, 2.75) is 32.7 Å². The molecule has 1 aliphatic rings. The van der Waals surface area contributed by atoms with Crippen LogP contribution in [0.4, 0.5) is 5.69 Å². The van der Waals surface area contributed by atoms with Gasteiger partial charge in [0.1, 0.15) is 0 Å². The van der Waals surface area contributed by atoms with Gasteiger partial charge in [-0.05, 0) is 57.0 Å². The summed E-state index contributed by atoms with van der Waals surface area (Å²) in [6.07, 6.45) is 1.71. The van der Waals surface area contributed by atoms with Crippen molar-refractivity contribution >= 4 is 17.5 Å². The molecule has 2 unspecified atom stereocenters. The minimum Gasteiger partial charge on any atom is -0.366 e. The fourth-order valence-electron chi connectivity index (χ4n) is 2.56. The number of nitrogens with two attached hydrogens (primary N) is 1. The van der Waals surface area contributed by atoms with E-state index in [4.69, 9.17) is 5.73 Å².